The average molecular weight is 258 g/mol. The van der Waals surface area contributed by atoms with Gasteiger partial charge in [-0.25, -0.2) is 0 Å². The quantitative estimate of drug-likeness (QED) is 0.861. The zero-order chi connectivity index (χ0) is 13.7. The molecular weight excluding hydrogens is 240 g/mol. The molecule has 2 aromatic rings. The maximum atomic E-state index is 5.34. The monoisotopic (exact) mass is 258 g/mol. The van der Waals surface area contributed by atoms with Crippen molar-refractivity contribution in [2.75, 3.05) is 31.9 Å². The second-order valence-electron chi connectivity index (χ2n) is 4.02. The van der Waals surface area contributed by atoms with Gasteiger partial charge in [0.2, 0.25) is 0 Å². The molecule has 4 heteroatoms. The predicted octanol–water partition coefficient (Wildman–Crippen LogP) is 3.49. The summed E-state index contributed by atoms with van der Waals surface area (Å²) in [5, 5.41) is 6.44. The first kappa shape index (κ1) is 13.1. The molecule has 0 saturated heterocycles. The highest BCUT2D eigenvalue weighted by molar-refractivity contribution is 5.70. The van der Waals surface area contributed by atoms with Gasteiger partial charge in [-0.1, -0.05) is 6.07 Å². The van der Waals surface area contributed by atoms with Crippen LogP contribution in [0.2, 0.25) is 0 Å². The van der Waals surface area contributed by atoms with Crippen molar-refractivity contribution in [3.63, 3.8) is 0 Å². The van der Waals surface area contributed by atoms with Crippen molar-refractivity contribution in [1.82, 2.24) is 0 Å². The summed E-state index contributed by atoms with van der Waals surface area (Å²) in [7, 11) is 5.19. The Morgan fingerprint density at radius 3 is 2.37 bits per heavy atom. The molecule has 0 heterocycles. The zero-order valence-electron chi connectivity index (χ0n) is 11.4. The van der Waals surface area contributed by atoms with Crippen LogP contribution in [0.4, 0.5) is 17.1 Å². The van der Waals surface area contributed by atoms with Gasteiger partial charge in [0.15, 0.2) is 0 Å². The Morgan fingerprint density at radius 2 is 1.68 bits per heavy atom. The number of ether oxygens (including phenoxy) is 2. The highest BCUT2D eigenvalue weighted by Crippen LogP contribution is 2.31. The minimum atomic E-state index is 0.774. The van der Waals surface area contributed by atoms with Gasteiger partial charge in [0, 0.05) is 24.5 Å². The predicted molar refractivity (Wildman–Crippen MR) is 78.8 cm³/mol. The Morgan fingerprint density at radius 1 is 0.895 bits per heavy atom. The molecule has 0 aliphatic rings. The van der Waals surface area contributed by atoms with Crippen LogP contribution in [-0.2, 0) is 0 Å². The molecule has 0 aliphatic carbocycles. The van der Waals surface area contributed by atoms with E-state index < -0.39 is 0 Å². The molecule has 0 bridgehead atoms. The Labute approximate surface area is 113 Å². The van der Waals surface area contributed by atoms with Crippen molar-refractivity contribution in [3.8, 4) is 11.5 Å². The van der Waals surface area contributed by atoms with Crippen LogP contribution in [0.5, 0.6) is 11.5 Å². The molecular formula is C15H18N2O2. The van der Waals surface area contributed by atoms with Crippen molar-refractivity contribution < 1.29 is 9.47 Å². The maximum Gasteiger partial charge on any atom is 0.142 e. The minimum absolute atomic E-state index is 0.774. The van der Waals surface area contributed by atoms with Crippen LogP contribution in [0.15, 0.2) is 42.5 Å². The van der Waals surface area contributed by atoms with E-state index in [1.807, 2.05) is 49.5 Å². The second-order valence-corrected chi connectivity index (χ2v) is 4.02. The molecule has 0 fully saturated rings. The van der Waals surface area contributed by atoms with Crippen molar-refractivity contribution in [2.45, 2.75) is 0 Å². The lowest BCUT2D eigenvalue weighted by molar-refractivity contribution is 0.405. The van der Waals surface area contributed by atoms with E-state index in [0.717, 1.165) is 28.6 Å². The molecule has 0 aliphatic heterocycles. The number of hydrogen-bond donors (Lipinski definition) is 2. The standard InChI is InChI=1S/C15H18N2O2/c1-16-11-5-4-6-12(9-11)17-14-10-13(18-2)7-8-15(14)19-3/h4-10,16-17H,1-3H3. The second kappa shape index (κ2) is 6.00. The van der Waals surface area contributed by atoms with Crippen LogP contribution in [0.3, 0.4) is 0 Å². The van der Waals surface area contributed by atoms with E-state index in [-0.39, 0.29) is 0 Å². The van der Waals surface area contributed by atoms with Crippen molar-refractivity contribution in [1.29, 1.82) is 0 Å². The largest absolute Gasteiger partial charge is 0.497 e. The lowest BCUT2D eigenvalue weighted by Gasteiger charge is -2.13. The lowest BCUT2D eigenvalue weighted by Crippen LogP contribution is -1.96. The van der Waals surface area contributed by atoms with Gasteiger partial charge in [0.1, 0.15) is 11.5 Å². The summed E-state index contributed by atoms with van der Waals surface area (Å²) in [6.45, 7) is 0. The van der Waals surface area contributed by atoms with Crippen molar-refractivity contribution in [3.05, 3.63) is 42.5 Å². The molecule has 0 spiro atoms. The van der Waals surface area contributed by atoms with Gasteiger partial charge in [-0.05, 0) is 30.3 Å². The van der Waals surface area contributed by atoms with Crippen LogP contribution in [-0.4, -0.2) is 21.3 Å². The summed E-state index contributed by atoms with van der Waals surface area (Å²) in [5.74, 6) is 1.56. The Hall–Kier alpha value is -2.36. The molecule has 2 N–H and O–H groups in total. The summed E-state index contributed by atoms with van der Waals surface area (Å²) in [6.07, 6.45) is 0. The normalized spacial score (nSPS) is 9.84. The van der Waals surface area contributed by atoms with E-state index in [4.69, 9.17) is 9.47 Å². The zero-order valence-corrected chi connectivity index (χ0v) is 11.4. The fraction of sp³-hybridized carbons (Fsp3) is 0.200. The number of hydrogen-bond acceptors (Lipinski definition) is 4. The van der Waals surface area contributed by atoms with Gasteiger partial charge in [-0.2, -0.15) is 0 Å². The smallest absolute Gasteiger partial charge is 0.142 e. The fourth-order valence-corrected chi connectivity index (χ4v) is 1.82. The van der Waals surface area contributed by atoms with Gasteiger partial charge in [0.05, 0.1) is 19.9 Å². The van der Waals surface area contributed by atoms with E-state index in [9.17, 15) is 0 Å². The van der Waals surface area contributed by atoms with E-state index in [1.54, 1.807) is 14.2 Å². The van der Waals surface area contributed by atoms with Gasteiger partial charge in [0.25, 0.3) is 0 Å². The van der Waals surface area contributed by atoms with Crippen molar-refractivity contribution >= 4 is 17.1 Å². The molecule has 4 nitrogen and oxygen atoms in total. The minimum Gasteiger partial charge on any atom is -0.497 e. The first-order valence-corrected chi connectivity index (χ1v) is 6.03. The Kier molecular flexibility index (Phi) is 4.13. The molecule has 0 saturated carbocycles. The molecule has 0 aromatic heterocycles. The van der Waals surface area contributed by atoms with E-state index >= 15 is 0 Å². The van der Waals surface area contributed by atoms with Gasteiger partial charge in [-0.15, -0.1) is 0 Å². The van der Waals surface area contributed by atoms with Crippen LogP contribution in [0, 0.1) is 0 Å². The van der Waals surface area contributed by atoms with Crippen LogP contribution in [0.1, 0.15) is 0 Å². The number of methoxy groups -OCH3 is 2. The number of nitrogens with one attached hydrogen (secondary N) is 2. The maximum absolute atomic E-state index is 5.34. The Balaban J connectivity index is 2.30. The molecule has 2 rings (SSSR count). The molecule has 0 amide bonds. The van der Waals surface area contributed by atoms with Gasteiger partial charge < -0.3 is 20.1 Å². The SMILES string of the molecule is CNc1cccc(Nc2cc(OC)ccc2OC)c1. The molecule has 0 atom stereocenters. The van der Waals surface area contributed by atoms with Crippen LogP contribution in [0.25, 0.3) is 0 Å². The molecule has 0 unspecified atom stereocenters. The highest BCUT2D eigenvalue weighted by atomic mass is 16.5. The van der Waals surface area contributed by atoms with Gasteiger partial charge >= 0.3 is 0 Å². The summed E-state index contributed by atoms with van der Waals surface area (Å²) >= 11 is 0. The third kappa shape index (κ3) is 3.10. The topological polar surface area (TPSA) is 42.5 Å². The molecule has 0 radical (unpaired) electrons. The third-order valence-corrected chi connectivity index (χ3v) is 2.84. The number of rotatable bonds is 5. The highest BCUT2D eigenvalue weighted by Gasteiger charge is 2.05. The summed E-state index contributed by atoms with van der Waals surface area (Å²) in [6, 6.07) is 13.7. The summed E-state index contributed by atoms with van der Waals surface area (Å²) in [4.78, 5) is 0. The van der Waals surface area contributed by atoms with E-state index in [1.165, 1.54) is 0 Å². The van der Waals surface area contributed by atoms with Gasteiger partial charge in [-0.3, -0.25) is 0 Å². The molecule has 100 valence electrons. The fourth-order valence-electron chi connectivity index (χ4n) is 1.82. The average Bonchev–Trinajstić information content (AvgIpc) is 2.47. The summed E-state index contributed by atoms with van der Waals surface area (Å²) in [5.41, 5.74) is 2.90. The van der Waals surface area contributed by atoms with Crippen molar-refractivity contribution in [2.24, 2.45) is 0 Å². The number of benzene rings is 2. The Bertz CT molecular complexity index is 556. The van der Waals surface area contributed by atoms with Crippen LogP contribution >= 0.6 is 0 Å². The van der Waals surface area contributed by atoms with E-state index in [0.29, 0.717) is 0 Å². The van der Waals surface area contributed by atoms with Crippen LogP contribution < -0.4 is 20.1 Å². The third-order valence-electron chi connectivity index (χ3n) is 2.84. The first-order valence-electron chi connectivity index (χ1n) is 6.03. The molecule has 19 heavy (non-hydrogen) atoms. The number of anilines is 3. The summed E-state index contributed by atoms with van der Waals surface area (Å²) < 4.78 is 10.6. The first-order chi connectivity index (χ1) is 9.26. The lowest BCUT2D eigenvalue weighted by atomic mass is 10.2. The van der Waals surface area contributed by atoms with E-state index in [2.05, 4.69) is 10.6 Å². The molecule has 2 aromatic carbocycles.